The van der Waals surface area contributed by atoms with Gasteiger partial charge in [-0.15, -0.1) is 0 Å². The van der Waals surface area contributed by atoms with Crippen LogP contribution < -0.4 is 15.8 Å². The van der Waals surface area contributed by atoms with Crippen LogP contribution in [0.4, 0.5) is 21.5 Å². The monoisotopic (exact) mass is 412 g/mol. The molecular formula is C20H21FN6O3. The highest BCUT2D eigenvalue weighted by Gasteiger charge is 2.19. The summed E-state index contributed by atoms with van der Waals surface area (Å²) < 4.78 is 13.1. The highest BCUT2D eigenvalue weighted by molar-refractivity contribution is 5.86. The standard InChI is InChI=1S/C20H21FN6O3/c21-14-1-3-15(4-2-14)26-9-7-25(8-10-26)6-5-22-18-12-17-16(11-19(18)27(29)30)20(28)24-13-23-17/h1-4,11-13,22H,5-10H2,(H,23,24,28). The van der Waals surface area contributed by atoms with Crippen LogP contribution in [0.25, 0.3) is 10.9 Å². The average Bonchev–Trinajstić information content (AvgIpc) is 2.74. The largest absolute Gasteiger partial charge is 0.378 e. The van der Waals surface area contributed by atoms with Gasteiger partial charge in [-0.2, -0.15) is 0 Å². The number of aromatic nitrogens is 2. The van der Waals surface area contributed by atoms with Gasteiger partial charge in [-0.3, -0.25) is 19.8 Å². The smallest absolute Gasteiger partial charge is 0.293 e. The maximum atomic E-state index is 13.1. The number of nitrogens with one attached hydrogen (secondary N) is 2. The Balaban J connectivity index is 1.36. The molecule has 0 radical (unpaired) electrons. The van der Waals surface area contributed by atoms with Crippen LogP contribution in [0.5, 0.6) is 0 Å². The van der Waals surface area contributed by atoms with Crippen molar-refractivity contribution < 1.29 is 9.31 Å². The number of aromatic amines is 1. The minimum Gasteiger partial charge on any atom is -0.378 e. The van der Waals surface area contributed by atoms with Gasteiger partial charge >= 0.3 is 0 Å². The summed E-state index contributed by atoms with van der Waals surface area (Å²) in [7, 11) is 0. The first-order chi connectivity index (χ1) is 14.5. The van der Waals surface area contributed by atoms with Crippen molar-refractivity contribution in [2.45, 2.75) is 0 Å². The van der Waals surface area contributed by atoms with E-state index in [-0.39, 0.29) is 16.9 Å². The number of anilines is 2. The Labute approximate surface area is 171 Å². The molecule has 0 amide bonds. The Morgan fingerprint density at radius 2 is 1.90 bits per heavy atom. The number of H-pyrrole nitrogens is 1. The van der Waals surface area contributed by atoms with Gasteiger partial charge in [0.1, 0.15) is 11.5 Å². The second-order valence-electron chi connectivity index (χ2n) is 7.11. The third kappa shape index (κ3) is 4.23. The first-order valence-electron chi connectivity index (χ1n) is 9.64. The number of nitro groups is 1. The van der Waals surface area contributed by atoms with E-state index in [0.717, 1.165) is 38.4 Å². The van der Waals surface area contributed by atoms with Crippen LogP contribution in [0.1, 0.15) is 0 Å². The molecule has 10 heteroatoms. The van der Waals surface area contributed by atoms with Gasteiger partial charge in [-0.25, -0.2) is 9.37 Å². The molecule has 2 N–H and O–H groups in total. The van der Waals surface area contributed by atoms with E-state index < -0.39 is 10.5 Å². The van der Waals surface area contributed by atoms with Crippen molar-refractivity contribution >= 4 is 28.0 Å². The number of hydrogen-bond donors (Lipinski definition) is 2. The second-order valence-corrected chi connectivity index (χ2v) is 7.11. The van der Waals surface area contributed by atoms with Gasteiger partial charge in [0.2, 0.25) is 0 Å². The summed E-state index contributed by atoms with van der Waals surface area (Å²) in [6.45, 7) is 4.58. The molecule has 4 rings (SSSR count). The maximum Gasteiger partial charge on any atom is 0.293 e. The fourth-order valence-corrected chi connectivity index (χ4v) is 3.63. The van der Waals surface area contributed by atoms with Crippen molar-refractivity contribution in [2.75, 3.05) is 49.5 Å². The minimum atomic E-state index is -0.504. The molecule has 0 aliphatic carbocycles. The molecule has 1 aliphatic rings. The summed E-state index contributed by atoms with van der Waals surface area (Å²) >= 11 is 0. The summed E-state index contributed by atoms with van der Waals surface area (Å²) in [5.74, 6) is -0.244. The van der Waals surface area contributed by atoms with Gasteiger partial charge < -0.3 is 15.2 Å². The molecule has 156 valence electrons. The zero-order valence-corrected chi connectivity index (χ0v) is 16.2. The summed E-state index contributed by atoms with van der Waals surface area (Å²) in [5, 5.41) is 14.7. The van der Waals surface area contributed by atoms with Crippen molar-refractivity contribution in [3.8, 4) is 0 Å². The minimum absolute atomic E-state index is 0.151. The SMILES string of the molecule is O=c1[nH]cnc2cc(NCCN3CCN(c4ccc(F)cc4)CC3)c([N+](=O)[O-])cc12. The number of nitro benzene ring substituents is 1. The fraction of sp³-hybridized carbons (Fsp3) is 0.300. The van der Waals surface area contributed by atoms with Crippen LogP contribution >= 0.6 is 0 Å². The van der Waals surface area contributed by atoms with Gasteiger partial charge in [0.25, 0.3) is 11.2 Å². The number of benzene rings is 2. The van der Waals surface area contributed by atoms with Crippen molar-refractivity contribution in [1.29, 1.82) is 0 Å². The number of piperazine rings is 1. The van der Waals surface area contributed by atoms with Gasteiger partial charge in [0.05, 0.1) is 22.2 Å². The van der Waals surface area contributed by atoms with E-state index in [0.29, 0.717) is 17.7 Å². The molecule has 2 heterocycles. The summed E-state index contributed by atoms with van der Waals surface area (Å²) in [4.78, 5) is 33.8. The topological polar surface area (TPSA) is 107 Å². The van der Waals surface area contributed by atoms with Crippen LogP contribution in [0, 0.1) is 15.9 Å². The third-order valence-electron chi connectivity index (χ3n) is 5.26. The van der Waals surface area contributed by atoms with Gasteiger partial charge in [0, 0.05) is 51.0 Å². The Kier molecular flexibility index (Phi) is 5.57. The molecule has 30 heavy (non-hydrogen) atoms. The van der Waals surface area contributed by atoms with E-state index in [1.54, 1.807) is 12.1 Å². The van der Waals surface area contributed by atoms with Crippen molar-refractivity contribution in [1.82, 2.24) is 14.9 Å². The Bertz CT molecular complexity index is 1110. The third-order valence-corrected chi connectivity index (χ3v) is 5.26. The molecule has 0 saturated carbocycles. The highest BCUT2D eigenvalue weighted by Crippen LogP contribution is 2.27. The molecule has 0 atom stereocenters. The van der Waals surface area contributed by atoms with Crippen LogP contribution in [0.2, 0.25) is 0 Å². The normalized spacial score (nSPS) is 14.8. The molecule has 0 spiro atoms. The Hall–Kier alpha value is -3.53. The molecule has 0 bridgehead atoms. The van der Waals surface area contributed by atoms with E-state index in [9.17, 15) is 19.3 Å². The number of rotatable bonds is 6. The van der Waals surface area contributed by atoms with Gasteiger partial charge in [-0.05, 0) is 30.3 Å². The molecule has 1 aliphatic heterocycles. The molecule has 1 aromatic heterocycles. The van der Waals surface area contributed by atoms with Crippen molar-refractivity contribution in [3.05, 3.63) is 69.0 Å². The van der Waals surface area contributed by atoms with Gasteiger partial charge in [-0.1, -0.05) is 0 Å². The fourth-order valence-electron chi connectivity index (χ4n) is 3.63. The molecule has 2 aromatic carbocycles. The number of hydrogen-bond acceptors (Lipinski definition) is 7. The lowest BCUT2D eigenvalue weighted by Crippen LogP contribution is -2.47. The van der Waals surface area contributed by atoms with E-state index >= 15 is 0 Å². The molecule has 1 saturated heterocycles. The van der Waals surface area contributed by atoms with Crippen LogP contribution in [0.3, 0.4) is 0 Å². The molecule has 1 fully saturated rings. The van der Waals surface area contributed by atoms with E-state index in [1.165, 1.54) is 30.6 Å². The quantitative estimate of drug-likeness (QED) is 0.472. The lowest BCUT2D eigenvalue weighted by atomic mass is 10.2. The first-order valence-corrected chi connectivity index (χ1v) is 9.64. The Morgan fingerprint density at radius 1 is 1.17 bits per heavy atom. The second kappa shape index (κ2) is 8.46. The Morgan fingerprint density at radius 3 is 2.60 bits per heavy atom. The first kappa shape index (κ1) is 19.8. The number of fused-ring (bicyclic) bond motifs is 1. The summed E-state index contributed by atoms with van der Waals surface area (Å²) in [6, 6.07) is 9.28. The average molecular weight is 412 g/mol. The maximum absolute atomic E-state index is 13.1. The van der Waals surface area contributed by atoms with Crippen LogP contribution in [-0.4, -0.2) is 59.1 Å². The zero-order valence-electron chi connectivity index (χ0n) is 16.2. The molecule has 0 unspecified atom stereocenters. The van der Waals surface area contributed by atoms with Crippen molar-refractivity contribution in [2.24, 2.45) is 0 Å². The predicted molar refractivity (Wildman–Crippen MR) is 113 cm³/mol. The van der Waals surface area contributed by atoms with Gasteiger partial charge in [0.15, 0.2) is 0 Å². The number of nitrogens with zero attached hydrogens (tertiary/aromatic N) is 4. The molecular weight excluding hydrogens is 391 g/mol. The zero-order chi connectivity index (χ0) is 21.1. The number of halogens is 1. The predicted octanol–water partition coefficient (Wildman–Crippen LogP) is 2.20. The van der Waals surface area contributed by atoms with Crippen LogP contribution in [0.15, 0.2) is 47.5 Å². The van der Waals surface area contributed by atoms with E-state index in [2.05, 4.69) is 25.1 Å². The van der Waals surface area contributed by atoms with E-state index in [1.807, 2.05) is 0 Å². The highest BCUT2D eigenvalue weighted by atomic mass is 19.1. The summed E-state index contributed by atoms with van der Waals surface area (Å²) in [6.07, 6.45) is 1.28. The summed E-state index contributed by atoms with van der Waals surface area (Å²) in [5.41, 5.74) is 1.19. The molecule has 3 aromatic rings. The van der Waals surface area contributed by atoms with Crippen LogP contribution in [-0.2, 0) is 0 Å². The van der Waals surface area contributed by atoms with Crippen molar-refractivity contribution in [3.63, 3.8) is 0 Å². The lowest BCUT2D eigenvalue weighted by Gasteiger charge is -2.36. The van der Waals surface area contributed by atoms with E-state index in [4.69, 9.17) is 0 Å². The lowest BCUT2D eigenvalue weighted by molar-refractivity contribution is -0.383. The molecule has 9 nitrogen and oxygen atoms in total.